The largest absolute Gasteiger partial charge is 0.465 e. The fraction of sp³-hybridized carbons (Fsp3) is 0.300. The van der Waals surface area contributed by atoms with E-state index in [2.05, 4.69) is 4.74 Å². The van der Waals surface area contributed by atoms with Gasteiger partial charge in [-0.25, -0.2) is 13.2 Å². The highest BCUT2D eigenvalue weighted by Crippen LogP contribution is 2.33. The number of carbonyl (C=O) groups is 1. The van der Waals surface area contributed by atoms with Crippen LogP contribution in [0.2, 0.25) is 0 Å². The molecule has 0 amide bonds. The molecule has 0 bridgehead atoms. The van der Waals surface area contributed by atoms with E-state index in [0.717, 1.165) is 0 Å². The van der Waals surface area contributed by atoms with Crippen molar-refractivity contribution >= 4 is 15.8 Å². The standard InChI is InChI=1S/C10H10O5S/c1-15-10(12)6-2-3-7-8(11)5-16(13,14)9(7)4-6/h2-4,8,11H,5H2,1H3. The van der Waals surface area contributed by atoms with Crippen molar-refractivity contribution in [3.63, 3.8) is 0 Å². The number of fused-ring (bicyclic) bond motifs is 1. The lowest BCUT2D eigenvalue weighted by atomic mass is 10.1. The minimum Gasteiger partial charge on any atom is -0.465 e. The Bertz CT molecular complexity index is 546. The lowest BCUT2D eigenvalue weighted by Crippen LogP contribution is -2.04. The minimum absolute atomic E-state index is 0.0166. The SMILES string of the molecule is COC(=O)c1ccc2c(c1)S(=O)(=O)CC2O. The van der Waals surface area contributed by atoms with Gasteiger partial charge < -0.3 is 9.84 Å². The van der Waals surface area contributed by atoms with Crippen LogP contribution in [0.25, 0.3) is 0 Å². The molecule has 1 aromatic carbocycles. The van der Waals surface area contributed by atoms with E-state index in [-0.39, 0.29) is 16.2 Å². The highest BCUT2D eigenvalue weighted by molar-refractivity contribution is 7.91. The van der Waals surface area contributed by atoms with Crippen LogP contribution in [0.5, 0.6) is 0 Å². The molecule has 0 saturated heterocycles. The van der Waals surface area contributed by atoms with Crippen molar-refractivity contribution in [2.75, 3.05) is 12.9 Å². The van der Waals surface area contributed by atoms with Gasteiger partial charge in [0.1, 0.15) is 0 Å². The fourth-order valence-corrected chi connectivity index (χ4v) is 3.36. The second kappa shape index (κ2) is 3.57. The summed E-state index contributed by atoms with van der Waals surface area (Å²) < 4.78 is 27.7. The molecule has 1 atom stereocenters. The summed E-state index contributed by atoms with van der Waals surface area (Å²) >= 11 is 0. The van der Waals surface area contributed by atoms with Gasteiger partial charge in [-0.05, 0) is 12.1 Å². The van der Waals surface area contributed by atoms with Gasteiger partial charge in [0.2, 0.25) is 0 Å². The third kappa shape index (κ3) is 1.60. The third-order valence-electron chi connectivity index (χ3n) is 2.51. The van der Waals surface area contributed by atoms with E-state index in [1.165, 1.54) is 25.3 Å². The molecule has 1 aliphatic heterocycles. The number of hydrogen-bond donors (Lipinski definition) is 1. The molecule has 6 heteroatoms. The molecule has 2 rings (SSSR count). The molecule has 0 aromatic heterocycles. The van der Waals surface area contributed by atoms with Gasteiger partial charge in [-0.2, -0.15) is 0 Å². The topological polar surface area (TPSA) is 80.7 Å². The van der Waals surface area contributed by atoms with Gasteiger partial charge in [-0.3, -0.25) is 0 Å². The fourth-order valence-electron chi connectivity index (χ4n) is 1.71. The number of aliphatic hydroxyl groups is 1. The van der Waals surface area contributed by atoms with E-state index >= 15 is 0 Å². The monoisotopic (exact) mass is 242 g/mol. The summed E-state index contributed by atoms with van der Waals surface area (Å²) in [6, 6.07) is 4.12. The Hall–Kier alpha value is -1.40. The van der Waals surface area contributed by atoms with Crippen LogP contribution in [-0.4, -0.2) is 32.4 Å². The van der Waals surface area contributed by atoms with Gasteiger partial charge in [0.25, 0.3) is 0 Å². The lowest BCUT2D eigenvalue weighted by Gasteiger charge is -2.03. The van der Waals surface area contributed by atoms with Crippen LogP contribution in [-0.2, 0) is 14.6 Å². The van der Waals surface area contributed by atoms with Crippen molar-refractivity contribution in [2.45, 2.75) is 11.0 Å². The van der Waals surface area contributed by atoms with Crippen molar-refractivity contribution < 1.29 is 23.1 Å². The molecule has 1 unspecified atom stereocenters. The van der Waals surface area contributed by atoms with Crippen LogP contribution in [0, 0.1) is 0 Å². The Kier molecular flexibility index (Phi) is 2.47. The quantitative estimate of drug-likeness (QED) is 0.716. The number of benzene rings is 1. The molecule has 0 saturated carbocycles. The first-order chi connectivity index (χ1) is 7.45. The number of carbonyl (C=O) groups excluding carboxylic acids is 1. The number of methoxy groups -OCH3 is 1. The summed E-state index contributed by atoms with van der Waals surface area (Å²) in [6.07, 6.45) is -1.01. The number of aliphatic hydroxyl groups excluding tert-OH is 1. The number of esters is 1. The van der Waals surface area contributed by atoms with E-state index in [1.807, 2.05) is 0 Å². The first-order valence-electron chi connectivity index (χ1n) is 4.59. The van der Waals surface area contributed by atoms with Crippen LogP contribution >= 0.6 is 0 Å². The Balaban J connectivity index is 2.59. The second-order valence-electron chi connectivity index (χ2n) is 3.54. The molecule has 1 heterocycles. The van der Waals surface area contributed by atoms with Gasteiger partial charge in [0.15, 0.2) is 9.84 Å². The lowest BCUT2D eigenvalue weighted by molar-refractivity contribution is 0.0600. The van der Waals surface area contributed by atoms with Crippen LogP contribution < -0.4 is 0 Å². The summed E-state index contributed by atoms with van der Waals surface area (Å²) in [5, 5.41) is 9.51. The smallest absolute Gasteiger partial charge is 0.337 e. The van der Waals surface area contributed by atoms with Gasteiger partial charge in [0, 0.05) is 5.56 Å². The van der Waals surface area contributed by atoms with Gasteiger partial charge >= 0.3 is 5.97 Å². The Labute approximate surface area is 92.6 Å². The molecule has 86 valence electrons. The molecule has 0 radical (unpaired) electrons. The zero-order valence-corrected chi connectivity index (χ0v) is 9.32. The first kappa shape index (κ1) is 11.1. The molecule has 5 nitrogen and oxygen atoms in total. The molecule has 16 heavy (non-hydrogen) atoms. The van der Waals surface area contributed by atoms with Crippen molar-refractivity contribution in [2.24, 2.45) is 0 Å². The second-order valence-corrected chi connectivity index (χ2v) is 5.54. The highest BCUT2D eigenvalue weighted by atomic mass is 32.2. The zero-order chi connectivity index (χ0) is 11.9. The maximum Gasteiger partial charge on any atom is 0.337 e. The maximum atomic E-state index is 11.6. The molecule has 0 spiro atoms. The van der Waals surface area contributed by atoms with Crippen LogP contribution in [0.4, 0.5) is 0 Å². The van der Waals surface area contributed by atoms with Crippen LogP contribution in [0.15, 0.2) is 23.1 Å². The normalized spacial score (nSPS) is 21.5. The molecule has 1 aliphatic rings. The summed E-state index contributed by atoms with van der Waals surface area (Å²) in [4.78, 5) is 11.2. The van der Waals surface area contributed by atoms with Crippen molar-refractivity contribution in [3.8, 4) is 0 Å². The molecule has 0 aliphatic carbocycles. The number of ether oxygens (including phenoxy) is 1. The molecular formula is C10H10O5S. The van der Waals surface area contributed by atoms with Crippen LogP contribution in [0.1, 0.15) is 22.0 Å². The molecule has 1 aromatic rings. The molecular weight excluding hydrogens is 232 g/mol. The average Bonchev–Trinajstić information content (AvgIpc) is 2.48. The molecule has 1 N–H and O–H groups in total. The first-order valence-corrected chi connectivity index (χ1v) is 6.24. The van der Waals surface area contributed by atoms with Crippen molar-refractivity contribution in [1.29, 1.82) is 0 Å². The highest BCUT2D eigenvalue weighted by Gasteiger charge is 2.34. The number of hydrogen-bond acceptors (Lipinski definition) is 5. The Morgan fingerprint density at radius 2 is 2.19 bits per heavy atom. The van der Waals surface area contributed by atoms with E-state index in [0.29, 0.717) is 5.56 Å². The molecule has 0 fully saturated rings. The number of sulfone groups is 1. The van der Waals surface area contributed by atoms with E-state index < -0.39 is 21.9 Å². The maximum absolute atomic E-state index is 11.6. The summed E-state index contributed by atoms with van der Waals surface area (Å²) in [7, 11) is -2.26. The van der Waals surface area contributed by atoms with Gasteiger partial charge in [-0.1, -0.05) is 6.07 Å². The Morgan fingerprint density at radius 1 is 1.50 bits per heavy atom. The third-order valence-corrected chi connectivity index (χ3v) is 4.28. The van der Waals surface area contributed by atoms with E-state index in [4.69, 9.17) is 0 Å². The zero-order valence-electron chi connectivity index (χ0n) is 8.50. The van der Waals surface area contributed by atoms with E-state index in [1.54, 1.807) is 0 Å². The van der Waals surface area contributed by atoms with Crippen LogP contribution in [0.3, 0.4) is 0 Å². The predicted octanol–water partition coefficient (Wildman–Crippen LogP) is 0.294. The summed E-state index contributed by atoms with van der Waals surface area (Å²) in [6.45, 7) is 0. The summed E-state index contributed by atoms with van der Waals surface area (Å²) in [5.41, 5.74) is 0.506. The van der Waals surface area contributed by atoms with E-state index in [9.17, 15) is 18.3 Å². The van der Waals surface area contributed by atoms with Gasteiger partial charge in [-0.15, -0.1) is 0 Å². The van der Waals surface area contributed by atoms with Gasteiger partial charge in [0.05, 0.1) is 29.4 Å². The van der Waals surface area contributed by atoms with Crippen molar-refractivity contribution in [3.05, 3.63) is 29.3 Å². The Morgan fingerprint density at radius 3 is 2.81 bits per heavy atom. The average molecular weight is 242 g/mol. The number of rotatable bonds is 1. The predicted molar refractivity (Wildman–Crippen MR) is 54.8 cm³/mol. The minimum atomic E-state index is -3.48. The summed E-state index contributed by atoms with van der Waals surface area (Å²) in [5.74, 6) is -0.924. The van der Waals surface area contributed by atoms with Crippen molar-refractivity contribution in [1.82, 2.24) is 0 Å².